The fourth-order valence-corrected chi connectivity index (χ4v) is 4.87. The number of benzene rings is 6. The summed E-state index contributed by atoms with van der Waals surface area (Å²) in [6.45, 7) is 2.15. The molecule has 0 spiro atoms. The summed E-state index contributed by atoms with van der Waals surface area (Å²) >= 11 is 0. The molecule has 0 aliphatic rings. The molecular formula is C33H25N. The molecule has 1 heteroatoms. The van der Waals surface area contributed by atoms with Gasteiger partial charge in [0.2, 0.25) is 0 Å². The lowest BCUT2D eigenvalue weighted by Crippen LogP contribution is -2.11. The van der Waals surface area contributed by atoms with Gasteiger partial charge in [-0.05, 0) is 76.0 Å². The van der Waals surface area contributed by atoms with Crippen LogP contribution in [0.2, 0.25) is 0 Å². The smallest absolute Gasteiger partial charge is 0.0546 e. The Morgan fingerprint density at radius 1 is 0.471 bits per heavy atom. The van der Waals surface area contributed by atoms with Gasteiger partial charge in [-0.25, -0.2) is 0 Å². The topological polar surface area (TPSA) is 3.24 Å². The molecule has 0 saturated heterocycles. The molecule has 6 aromatic rings. The molecular weight excluding hydrogens is 410 g/mol. The zero-order valence-electron chi connectivity index (χ0n) is 19.1. The van der Waals surface area contributed by atoms with Crippen molar-refractivity contribution < 1.29 is 0 Å². The predicted octanol–water partition coefficient (Wildman–Crippen LogP) is 9.44. The number of hydrogen-bond acceptors (Lipinski definition) is 1. The minimum Gasteiger partial charge on any atom is -0.310 e. The van der Waals surface area contributed by atoms with Crippen molar-refractivity contribution in [2.75, 3.05) is 4.90 Å². The average Bonchev–Trinajstić information content (AvgIpc) is 2.89. The Hall–Kier alpha value is -4.36. The van der Waals surface area contributed by atoms with Gasteiger partial charge in [0.15, 0.2) is 0 Å². The maximum absolute atomic E-state index is 2.38. The largest absolute Gasteiger partial charge is 0.310 e. The van der Waals surface area contributed by atoms with Gasteiger partial charge < -0.3 is 4.90 Å². The van der Waals surface area contributed by atoms with E-state index in [0.717, 1.165) is 11.4 Å². The zero-order valence-corrected chi connectivity index (χ0v) is 19.1. The molecule has 34 heavy (non-hydrogen) atoms. The molecule has 0 saturated carbocycles. The van der Waals surface area contributed by atoms with Gasteiger partial charge in [0, 0.05) is 16.9 Å². The van der Waals surface area contributed by atoms with Crippen LogP contribution in [0, 0.1) is 6.92 Å². The van der Waals surface area contributed by atoms with Crippen LogP contribution in [-0.2, 0) is 0 Å². The summed E-state index contributed by atoms with van der Waals surface area (Å²) < 4.78 is 0. The van der Waals surface area contributed by atoms with Crippen molar-refractivity contribution >= 4 is 38.6 Å². The van der Waals surface area contributed by atoms with E-state index in [1.165, 1.54) is 43.9 Å². The van der Waals surface area contributed by atoms with E-state index in [1.807, 2.05) is 0 Å². The van der Waals surface area contributed by atoms with Crippen LogP contribution in [0.15, 0.2) is 133 Å². The highest BCUT2D eigenvalue weighted by atomic mass is 15.1. The molecule has 0 bridgehead atoms. The summed E-state index contributed by atoms with van der Waals surface area (Å²) in [5, 5.41) is 5.00. The first-order chi connectivity index (χ1) is 16.8. The van der Waals surface area contributed by atoms with Crippen LogP contribution < -0.4 is 4.90 Å². The predicted molar refractivity (Wildman–Crippen MR) is 146 cm³/mol. The molecule has 0 aliphatic heterocycles. The Morgan fingerprint density at radius 2 is 1.15 bits per heavy atom. The molecule has 6 aromatic carbocycles. The van der Waals surface area contributed by atoms with E-state index < -0.39 is 0 Å². The van der Waals surface area contributed by atoms with E-state index in [9.17, 15) is 0 Å². The summed E-state index contributed by atoms with van der Waals surface area (Å²) in [5.74, 6) is 0. The van der Waals surface area contributed by atoms with Gasteiger partial charge in [0.25, 0.3) is 0 Å². The van der Waals surface area contributed by atoms with Crippen molar-refractivity contribution in [2.24, 2.45) is 0 Å². The Balaban J connectivity index is 1.69. The Kier molecular flexibility index (Phi) is 5.08. The van der Waals surface area contributed by atoms with Crippen LogP contribution in [0.25, 0.3) is 32.7 Å². The number of anilines is 3. The van der Waals surface area contributed by atoms with Crippen molar-refractivity contribution in [3.63, 3.8) is 0 Å². The number of rotatable bonds is 4. The number of fused-ring (bicyclic) bond motifs is 2. The van der Waals surface area contributed by atoms with Crippen molar-refractivity contribution in [1.82, 2.24) is 0 Å². The summed E-state index contributed by atoms with van der Waals surface area (Å²) in [4.78, 5) is 2.38. The molecule has 0 radical (unpaired) electrons. The van der Waals surface area contributed by atoms with Gasteiger partial charge in [-0.15, -0.1) is 0 Å². The van der Waals surface area contributed by atoms with Crippen LogP contribution in [0.5, 0.6) is 0 Å². The van der Waals surface area contributed by atoms with Gasteiger partial charge in [0.1, 0.15) is 0 Å². The van der Waals surface area contributed by atoms with Gasteiger partial charge in [0.05, 0.1) is 5.69 Å². The maximum Gasteiger partial charge on any atom is 0.0546 e. The summed E-state index contributed by atoms with van der Waals surface area (Å²) in [5.41, 5.74) is 7.18. The summed E-state index contributed by atoms with van der Waals surface area (Å²) in [7, 11) is 0. The fraction of sp³-hybridized carbons (Fsp3) is 0.0303. The van der Waals surface area contributed by atoms with Crippen molar-refractivity contribution in [3.05, 3.63) is 139 Å². The second-order valence-electron chi connectivity index (χ2n) is 8.75. The van der Waals surface area contributed by atoms with Crippen LogP contribution in [0.1, 0.15) is 5.56 Å². The fourth-order valence-electron chi connectivity index (χ4n) is 4.87. The first kappa shape index (κ1) is 20.3. The van der Waals surface area contributed by atoms with Gasteiger partial charge >= 0.3 is 0 Å². The molecule has 162 valence electrons. The van der Waals surface area contributed by atoms with Gasteiger partial charge in [-0.3, -0.25) is 0 Å². The molecule has 0 fully saturated rings. The van der Waals surface area contributed by atoms with Crippen LogP contribution in [0.3, 0.4) is 0 Å². The monoisotopic (exact) mass is 435 g/mol. The molecule has 0 N–H and O–H groups in total. The van der Waals surface area contributed by atoms with Crippen LogP contribution in [-0.4, -0.2) is 0 Å². The van der Waals surface area contributed by atoms with Crippen molar-refractivity contribution in [2.45, 2.75) is 6.92 Å². The highest BCUT2D eigenvalue weighted by Crippen LogP contribution is 2.44. The average molecular weight is 436 g/mol. The number of para-hydroxylation sites is 1. The Morgan fingerprint density at radius 3 is 1.97 bits per heavy atom. The highest BCUT2D eigenvalue weighted by Gasteiger charge is 2.19. The van der Waals surface area contributed by atoms with E-state index >= 15 is 0 Å². The van der Waals surface area contributed by atoms with Crippen molar-refractivity contribution in [1.29, 1.82) is 0 Å². The third kappa shape index (κ3) is 3.62. The number of nitrogens with zero attached hydrogens (tertiary/aromatic N) is 1. The van der Waals surface area contributed by atoms with Crippen molar-refractivity contribution in [3.8, 4) is 11.1 Å². The lowest BCUT2D eigenvalue weighted by molar-refractivity contribution is 1.28. The van der Waals surface area contributed by atoms with E-state index in [4.69, 9.17) is 0 Å². The first-order valence-electron chi connectivity index (χ1n) is 11.7. The molecule has 0 aromatic heterocycles. The SMILES string of the molecule is Cc1cccc(N(c2ccccc2)c2ccc3ccccc3c2-c2ccc3ccccc3c2)c1. The normalized spacial score (nSPS) is 11.1. The quantitative estimate of drug-likeness (QED) is 0.266. The highest BCUT2D eigenvalue weighted by molar-refractivity contribution is 6.06. The molecule has 1 nitrogen and oxygen atoms in total. The lowest BCUT2D eigenvalue weighted by Gasteiger charge is -2.29. The number of hydrogen-bond donors (Lipinski definition) is 0. The van der Waals surface area contributed by atoms with Gasteiger partial charge in [-0.1, -0.05) is 97.1 Å². The lowest BCUT2D eigenvalue weighted by atomic mass is 9.93. The first-order valence-corrected chi connectivity index (χ1v) is 11.7. The minimum absolute atomic E-state index is 1.14. The molecule has 0 aliphatic carbocycles. The zero-order chi connectivity index (χ0) is 22.9. The van der Waals surface area contributed by atoms with Crippen LogP contribution >= 0.6 is 0 Å². The second kappa shape index (κ2) is 8.53. The Bertz CT molecular complexity index is 1610. The van der Waals surface area contributed by atoms with E-state index in [2.05, 4.69) is 145 Å². The van der Waals surface area contributed by atoms with E-state index in [-0.39, 0.29) is 0 Å². The molecule has 0 atom stereocenters. The molecule has 0 unspecified atom stereocenters. The Labute approximate surface area is 200 Å². The van der Waals surface area contributed by atoms with E-state index in [1.54, 1.807) is 0 Å². The van der Waals surface area contributed by atoms with Crippen LogP contribution in [0.4, 0.5) is 17.1 Å². The summed E-state index contributed by atoms with van der Waals surface area (Å²) in [6.07, 6.45) is 0. The summed E-state index contributed by atoms with van der Waals surface area (Å²) in [6, 6.07) is 48.0. The standard InChI is InChI=1S/C33H25N/c1-24-10-9-16-30(22-24)34(29-14-3-2-4-15-29)32-21-20-26-12-7-8-17-31(26)33(32)28-19-18-25-11-5-6-13-27(25)23-28/h2-23H,1H3. The van der Waals surface area contributed by atoms with Gasteiger partial charge in [-0.2, -0.15) is 0 Å². The van der Waals surface area contributed by atoms with E-state index in [0.29, 0.717) is 0 Å². The molecule has 0 amide bonds. The number of aryl methyl sites for hydroxylation is 1. The minimum atomic E-state index is 1.14. The third-order valence-electron chi connectivity index (χ3n) is 6.46. The molecule has 6 rings (SSSR count). The third-order valence-corrected chi connectivity index (χ3v) is 6.46. The second-order valence-corrected chi connectivity index (χ2v) is 8.75. The molecule has 0 heterocycles. The maximum atomic E-state index is 2.38.